The van der Waals surface area contributed by atoms with E-state index >= 15 is 0 Å². The van der Waals surface area contributed by atoms with Gasteiger partial charge in [0.1, 0.15) is 19.8 Å². The van der Waals surface area contributed by atoms with Crippen LogP contribution in [-0.2, 0) is 28.5 Å². The number of nitrogens with one attached hydrogen (secondary N) is 1. The highest BCUT2D eigenvalue weighted by atomic mass is 16.6. The molecule has 148 valence electrons. The van der Waals surface area contributed by atoms with Gasteiger partial charge in [-0.05, 0) is 19.3 Å². The highest BCUT2D eigenvalue weighted by molar-refractivity contribution is 5.81. The topological polar surface area (TPSA) is 100 Å². The van der Waals surface area contributed by atoms with Crippen LogP contribution in [0.15, 0.2) is 25.3 Å². The quantitative estimate of drug-likeness (QED) is 0.272. The van der Waals surface area contributed by atoms with E-state index in [1.165, 1.54) is 0 Å². The molecular formula is C18H29NO7. The first-order valence-corrected chi connectivity index (χ1v) is 8.64. The molecule has 1 aliphatic heterocycles. The molecule has 1 heterocycles. The number of rotatable bonds is 10. The molecule has 0 saturated carbocycles. The molecule has 1 amide bonds. The fourth-order valence-corrected chi connectivity index (χ4v) is 1.76. The smallest absolute Gasteiger partial charge is 0.407 e. The van der Waals surface area contributed by atoms with Crippen molar-refractivity contribution >= 4 is 18.0 Å². The zero-order valence-electron chi connectivity index (χ0n) is 15.4. The summed E-state index contributed by atoms with van der Waals surface area (Å²) >= 11 is 0. The number of esters is 2. The van der Waals surface area contributed by atoms with Crippen molar-refractivity contribution in [1.29, 1.82) is 0 Å². The van der Waals surface area contributed by atoms with Crippen molar-refractivity contribution in [1.82, 2.24) is 5.32 Å². The Morgan fingerprint density at radius 1 is 1.12 bits per heavy atom. The van der Waals surface area contributed by atoms with Crippen molar-refractivity contribution in [3.63, 3.8) is 0 Å². The van der Waals surface area contributed by atoms with E-state index in [0.29, 0.717) is 13.2 Å². The average Bonchev–Trinajstić information content (AvgIpc) is 3.17. The Morgan fingerprint density at radius 3 is 2.35 bits per heavy atom. The molecule has 26 heavy (non-hydrogen) atoms. The molecule has 0 aromatic rings. The molecular weight excluding hydrogens is 342 g/mol. The second kappa shape index (κ2) is 16.1. The minimum atomic E-state index is -0.523. The van der Waals surface area contributed by atoms with Crippen LogP contribution in [0.1, 0.15) is 32.6 Å². The number of amides is 1. The highest BCUT2D eigenvalue weighted by Crippen LogP contribution is 2.11. The molecule has 0 aromatic heterocycles. The SMILES string of the molecule is C=CC(=O)OCC1CCCO1.C=CC(=O)OCCOC(=O)NCCCC. The number of hydrogen-bond donors (Lipinski definition) is 1. The summed E-state index contributed by atoms with van der Waals surface area (Å²) in [5.74, 6) is -0.898. The lowest BCUT2D eigenvalue weighted by Gasteiger charge is -2.07. The van der Waals surface area contributed by atoms with Gasteiger partial charge in [-0.25, -0.2) is 14.4 Å². The molecule has 1 unspecified atom stereocenters. The van der Waals surface area contributed by atoms with Crippen molar-refractivity contribution in [3.05, 3.63) is 25.3 Å². The number of carbonyl (C=O) groups is 3. The van der Waals surface area contributed by atoms with Crippen LogP contribution in [0.2, 0.25) is 0 Å². The predicted octanol–water partition coefficient (Wildman–Crippen LogP) is 2.14. The summed E-state index contributed by atoms with van der Waals surface area (Å²) in [5.41, 5.74) is 0. The molecule has 1 saturated heterocycles. The largest absolute Gasteiger partial charge is 0.460 e. The van der Waals surface area contributed by atoms with Crippen molar-refractivity contribution < 1.29 is 33.3 Å². The Labute approximate surface area is 154 Å². The van der Waals surface area contributed by atoms with Gasteiger partial charge < -0.3 is 24.3 Å². The summed E-state index contributed by atoms with van der Waals surface area (Å²) in [4.78, 5) is 32.1. The maximum absolute atomic E-state index is 10.9. The monoisotopic (exact) mass is 371 g/mol. The Hall–Kier alpha value is -2.35. The molecule has 1 aliphatic rings. The lowest BCUT2D eigenvalue weighted by molar-refractivity contribution is -0.141. The number of hydrogen-bond acceptors (Lipinski definition) is 7. The molecule has 0 bridgehead atoms. The van der Waals surface area contributed by atoms with E-state index in [4.69, 9.17) is 14.2 Å². The molecule has 1 rings (SSSR count). The molecule has 0 aliphatic carbocycles. The van der Waals surface area contributed by atoms with E-state index in [0.717, 1.165) is 44.4 Å². The van der Waals surface area contributed by atoms with Gasteiger partial charge in [-0.3, -0.25) is 0 Å². The number of ether oxygens (including phenoxy) is 4. The van der Waals surface area contributed by atoms with Gasteiger partial charge in [0.05, 0.1) is 6.10 Å². The standard InChI is InChI=1S/C10H17NO4.C8H12O3/c1-3-5-6-11-10(13)15-8-7-14-9(12)4-2;1-2-8(9)11-6-7-4-3-5-10-7/h4H,2-3,5-8H2,1H3,(H,11,13);2,7H,1,3-6H2. The first-order valence-electron chi connectivity index (χ1n) is 8.64. The third kappa shape index (κ3) is 14.0. The second-order valence-corrected chi connectivity index (χ2v) is 5.26. The molecule has 1 N–H and O–H groups in total. The minimum Gasteiger partial charge on any atom is -0.460 e. The molecule has 0 spiro atoms. The van der Waals surface area contributed by atoms with Crippen LogP contribution in [-0.4, -0.2) is 57.1 Å². The van der Waals surface area contributed by atoms with Crippen LogP contribution < -0.4 is 5.32 Å². The number of carbonyl (C=O) groups excluding carboxylic acids is 3. The second-order valence-electron chi connectivity index (χ2n) is 5.26. The maximum atomic E-state index is 10.9. The molecule has 8 nitrogen and oxygen atoms in total. The van der Waals surface area contributed by atoms with E-state index in [2.05, 4.69) is 23.2 Å². The van der Waals surface area contributed by atoms with Crippen LogP contribution in [0, 0.1) is 0 Å². The van der Waals surface area contributed by atoms with Crippen LogP contribution in [0.5, 0.6) is 0 Å². The maximum Gasteiger partial charge on any atom is 0.407 e. The van der Waals surface area contributed by atoms with Crippen molar-refractivity contribution in [3.8, 4) is 0 Å². The first kappa shape index (κ1) is 23.6. The van der Waals surface area contributed by atoms with Gasteiger partial charge in [-0.2, -0.15) is 0 Å². The van der Waals surface area contributed by atoms with E-state index in [9.17, 15) is 14.4 Å². The van der Waals surface area contributed by atoms with Gasteiger partial charge in [-0.1, -0.05) is 26.5 Å². The molecule has 0 aromatic carbocycles. The first-order chi connectivity index (χ1) is 12.5. The van der Waals surface area contributed by atoms with Gasteiger partial charge in [0, 0.05) is 25.3 Å². The Balaban J connectivity index is 0.000000502. The van der Waals surface area contributed by atoms with Crippen LogP contribution in [0.3, 0.4) is 0 Å². The van der Waals surface area contributed by atoms with Crippen LogP contribution in [0.4, 0.5) is 4.79 Å². The molecule has 1 atom stereocenters. The molecule has 8 heteroatoms. The number of unbranched alkanes of at least 4 members (excludes halogenated alkanes) is 1. The zero-order chi connectivity index (χ0) is 19.6. The van der Waals surface area contributed by atoms with Crippen molar-refractivity contribution in [2.24, 2.45) is 0 Å². The average molecular weight is 371 g/mol. The van der Waals surface area contributed by atoms with E-state index in [1.54, 1.807) is 0 Å². The third-order valence-corrected chi connectivity index (χ3v) is 3.13. The van der Waals surface area contributed by atoms with Crippen molar-refractivity contribution in [2.75, 3.05) is 33.0 Å². The third-order valence-electron chi connectivity index (χ3n) is 3.13. The summed E-state index contributed by atoms with van der Waals surface area (Å²) in [7, 11) is 0. The summed E-state index contributed by atoms with van der Waals surface area (Å²) < 4.78 is 19.4. The van der Waals surface area contributed by atoms with Gasteiger partial charge in [0.2, 0.25) is 0 Å². The van der Waals surface area contributed by atoms with E-state index in [-0.39, 0.29) is 25.3 Å². The minimum absolute atomic E-state index is 0.0477. The Bertz CT molecular complexity index is 445. The van der Waals surface area contributed by atoms with Crippen molar-refractivity contribution in [2.45, 2.75) is 38.7 Å². The van der Waals surface area contributed by atoms with Gasteiger partial charge in [0.25, 0.3) is 0 Å². The summed E-state index contributed by atoms with van der Waals surface area (Å²) in [6, 6.07) is 0. The molecule has 0 radical (unpaired) electrons. The summed E-state index contributed by atoms with van der Waals surface area (Å²) in [5, 5.41) is 2.56. The fourth-order valence-electron chi connectivity index (χ4n) is 1.76. The summed E-state index contributed by atoms with van der Waals surface area (Å²) in [6.45, 7) is 10.4. The lowest BCUT2D eigenvalue weighted by Crippen LogP contribution is -2.26. The fraction of sp³-hybridized carbons (Fsp3) is 0.611. The van der Waals surface area contributed by atoms with Gasteiger partial charge in [-0.15, -0.1) is 0 Å². The zero-order valence-corrected chi connectivity index (χ0v) is 15.4. The number of alkyl carbamates (subject to hydrolysis) is 1. The summed E-state index contributed by atoms with van der Waals surface area (Å²) in [6.07, 6.45) is 5.83. The Morgan fingerprint density at radius 2 is 1.77 bits per heavy atom. The normalized spacial score (nSPS) is 15.0. The predicted molar refractivity (Wildman–Crippen MR) is 95.5 cm³/mol. The van der Waals surface area contributed by atoms with Gasteiger partial charge in [0.15, 0.2) is 0 Å². The van der Waals surface area contributed by atoms with E-state index < -0.39 is 12.1 Å². The van der Waals surface area contributed by atoms with Crippen LogP contribution >= 0.6 is 0 Å². The highest BCUT2D eigenvalue weighted by Gasteiger charge is 2.16. The van der Waals surface area contributed by atoms with Gasteiger partial charge >= 0.3 is 18.0 Å². The van der Waals surface area contributed by atoms with Crippen LogP contribution in [0.25, 0.3) is 0 Å². The van der Waals surface area contributed by atoms with E-state index in [1.807, 2.05) is 6.92 Å². The Kier molecular flexibility index (Phi) is 14.7. The molecule has 1 fully saturated rings. The lowest BCUT2D eigenvalue weighted by atomic mass is 10.2.